The van der Waals surface area contributed by atoms with Crippen molar-refractivity contribution < 1.29 is 22.7 Å². The number of benzene rings is 1. The number of carbonyl (C=O) groups is 2. The first-order valence-electron chi connectivity index (χ1n) is 12.9. The fourth-order valence-electron chi connectivity index (χ4n) is 4.03. The van der Waals surface area contributed by atoms with Gasteiger partial charge in [-0.15, -0.1) is 11.3 Å². The molecule has 2 amide bonds. The number of ether oxygens (including phenoxy) is 1. The fraction of sp³-hybridized carbons (Fsp3) is 0.321. The number of thiazole rings is 1. The van der Waals surface area contributed by atoms with Crippen LogP contribution in [0.2, 0.25) is 0 Å². The highest BCUT2D eigenvalue weighted by molar-refractivity contribution is 7.92. The lowest BCUT2D eigenvalue weighted by Crippen LogP contribution is -2.50. The molecule has 0 bridgehead atoms. The third-order valence-corrected chi connectivity index (χ3v) is 8.80. The molecule has 0 spiro atoms. The summed E-state index contributed by atoms with van der Waals surface area (Å²) >= 11 is 1.32. The molecule has 3 aromatic rings. The molecule has 0 unspecified atom stereocenters. The van der Waals surface area contributed by atoms with Crippen LogP contribution in [0.25, 0.3) is 16.6 Å². The Bertz CT molecular complexity index is 1570. The molecule has 0 saturated carbocycles. The van der Waals surface area contributed by atoms with Gasteiger partial charge in [-0.1, -0.05) is 18.2 Å². The first-order chi connectivity index (χ1) is 19.3. The number of rotatable bonds is 6. The van der Waals surface area contributed by atoms with Crippen molar-refractivity contribution in [2.75, 3.05) is 26.2 Å². The van der Waals surface area contributed by atoms with Crippen molar-refractivity contribution >= 4 is 45.3 Å². The van der Waals surface area contributed by atoms with Gasteiger partial charge in [-0.2, -0.15) is 4.31 Å². The van der Waals surface area contributed by atoms with Gasteiger partial charge in [0.25, 0.3) is 5.91 Å². The van der Waals surface area contributed by atoms with Crippen LogP contribution < -0.4 is 5.32 Å². The van der Waals surface area contributed by atoms with Gasteiger partial charge in [-0.05, 0) is 57.5 Å². The van der Waals surface area contributed by atoms with E-state index in [0.29, 0.717) is 21.7 Å². The Morgan fingerprint density at radius 1 is 1.10 bits per heavy atom. The molecule has 1 aliphatic heterocycles. The molecule has 1 saturated heterocycles. The molecule has 3 heterocycles. The lowest BCUT2D eigenvalue weighted by Gasteiger charge is -2.33. The Kier molecular flexibility index (Phi) is 9.00. The van der Waals surface area contributed by atoms with Crippen molar-refractivity contribution in [2.24, 2.45) is 0 Å². The van der Waals surface area contributed by atoms with E-state index in [0.717, 1.165) is 16.0 Å². The number of nitrogens with one attached hydrogen (secondary N) is 2. The van der Waals surface area contributed by atoms with E-state index in [1.54, 1.807) is 69.3 Å². The van der Waals surface area contributed by atoms with Crippen LogP contribution in [0.15, 0.2) is 54.2 Å². The molecular formula is C28H32N6O5S2. The Hall–Kier alpha value is -3.94. The maximum absolute atomic E-state index is 13.2. The van der Waals surface area contributed by atoms with Gasteiger partial charge in [0.05, 0.1) is 5.69 Å². The number of piperazine rings is 1. The number of aromatic nitrogens is 2. The number of aryl methyl sites for hydroxylation is 1. The first kappa shape index (κ1) is 30.0. The van der Waals surface area contributed by atoms with Gasteiger partial charge in [0.1, 0.15) is 21.3 Å². The van der Waals surface area contributed by atoms with Crippen LogP contribution >= 0.6 is 11.3 Å². The van der Waals surface area contributed by atoms with Crippen molar-refractivity contribution in [2.45, 2.75) is 33.3 Å². The molecule has 4 rings (SSSR count). The summed E-state index contributed by atoms with van der Waals surface area (Å²) in [6.07, 6.45) is 4.04. The number of amidine groups is 1. The van der Waals surface area contributed by atoms with Crippen LogP contribution in [0.1, 0.15) is 47.3 Å². The molecule has 0 radical (unpaired) electrons. The average Bonchev–Trinajstić information content (AvgIpc) is 3.32. The molecule has 2 aromatic heterocycles. The number of hydrogen-bond donors (Lipinski definition) is 2. The van der Waals surface area contributed by atoms with Crippen molar-refractivity contribution in [1.82, 2.24) is 24.5 Å². The van der Waals surface area contributed by atoms with Crippen molar-refractivity contribution in [3.05, 3.63) is 75.9 Å². The Morgan fingerprint density at radius 2 is 1.78 bits per heavy atom. The quantitative estimate of drug-likeness (QED) is 0.322. The lowest BCUT2D eigenvalue weighted by molar-refractivity contribution is 0.0562. The second kappa shape index (κ2) is 12.3. The zero-order valence-electron chi connectivity index (χ0n) is 23.2. The summed E-state index contributed by atoms with van der Waals surface area (Å²) in [5.41, 5.74) is 1.76. The molecular weight excluding hydrogens is 564 g/mol. The van der Waals surface area contributed by atoms with E-state index in [2.05, 4.69) is 15.3 Å². The molecule has 2 N–H and O–H groups in total. The molecule has 1 aliphatic rings. The van der Waals surface area contributed by atoms with Crippen LogP contribution in [-0.2, 0) is 14.8 Å². The molecule has 1 fully saturated rings. The third kappa shape index (κ3) is 7.84. The van der Waals surface area contributed by atoms with Crippen LogP contribution in [0.4, 0.5) is 4.79 Å². The fourth-order valence-corrected chi connectivity index (χ4v) is 6.24. The van der Waals surface area contributed by atoms with E-state index in [4.69, 9.17) is 10.1 Å². The van der Waals surface area contributed by atoms with Gasteiger partial charge in [0.15, 0.2) is 0 Å². The SMILES string of the molecule is Cc1nc(-c2ccncc2)sc1C(=O)N1CCN(S(=O)(=O)C=Cc2cccc(C(=N)NC(=O)OC(C)(C)C)c2)CC1. The Morgan fingerprint density at radius 3 is 2.44 bits per heavy atom. The summed E-state index contributed by atoms with van der Waals surface area (Å²) in [6, 6.07) is 10.3. The number of carbonyl (C=O) groups excluding carboxylic acids is 2. The number of amides is 2. The zero-order valence-corrected chi connectivity index (χ0v) is 24.9. The van der Waals surface area contributed by atoms with E-state index in [1.807, 2.05) is 12.1 Å². The van der Waals surface area contributed by atoms with Crippen LogP contribution in [0, 0.1) is 12.3 Å². The Balaban J connectivity index is 1.36. The standard InChI is InChI=1S/C28H32N6O5S2/c1-19-23(40-25(31-19)21-8-11-30-12-9-21)26(35)33-13-15-34(16-14-33)41(37,38)17-10-20-6-5-7-22(18-20)24(29)32-27(36)39-28(2,3)4/h5-12,17-18H,13-16H2,1-4H3,(H2,29,32,36). The van der Waals surface area contributed by atoms with Crippen molar-refractivity contribution in [1.29, 1.82) is 5.41 Å². The molecule has 0 atom stereocenters. The monoisotopic (exact) mass is 596 g/mol. The van der Waals surface area contributed by atoms with Crippen molar-refractivity contribution in [3.8, 4) is 10.6 Å². The molecule has 0 aliphatic carbocycles. The number of alkyl carbamates (subject to hydrolysis) is 1. The van der Waals surface area contributed by atoms with E-state index in [9.17, 15) is 18.0 Å². The van der Waals surface area contributed by atoms with Gasteiger partial charge in [-0.25, -0.2) is 18.2 Å². The average molecular weight is 597 g/mol. The first-order valence-corrected chi connectivity index (χ1v) is 15.2. The maximum Gasteiger partial charge on any atom is 0.413 e. The molecule has 1 aromatic carbocycles. The predicted octanol–water partition coefficient (Wildman–Crippen LogP) is 4.12. The number of pyridine rings is 1. The summed E-state index contributed by atoms with van der Waals surface area (Å²) in [5, 5.41) is 12.4. The number of hydrogen-bond acceptors (Lipinski definition) is 9. The highest BCUT2D eigenvalue weighted by atomic mass is 32.2. The summed E-state index contributed by atoms with van der Waals surface area (Å²) in [7, 11) is -3.75. The highest BCUT2D eigenvalue weighted by Crippen LogP contribution is 2.29. The van der Waals surface area contributed by atoms with E-state index >= 15 is 0 Å². The van der Waals surface area contributed by atoms with E-state index in [-0.39, 0.29) is 37.9 Å². The normalized spacial score (nSPS) is 14.7. The summed E-state index contributed by atoms with van der Waals surface area (Å²) < 4.78 is 32.6. The second-order valence-corrected chi connectivity index (χ2v) is 13.2. The smallest absolute Gasteiger partial charge is 0.413 e. The minimum absolute atomic E-state index is 0.160. The lowest BCUT2D eigenvalue weighted by atomic mass is 10.1. The topological polar surface area (TPSA) is 146 Å². The minimum Gasteiger partial charge on any atom is -0.444 e. The van der Waals surface area contributed by atoms with E-state index < -0.39 is 21.7 Å². The third-order valence-electron chi connectivity index (χ3n) is 6.04. The number of nitrogens with zero attached hydrogens (tertiary/aromatic N) is 4. The molecule has 13 heteroatoms. The largest absolute Gasteiger partial charge is 0.444 e. The van der Waals surface area contributed by atoms with Crippen LogP contribution in [0.3, 0.4) is 0 Å². The van der Waals surface area contributed by atoms with Gasteiger partial charge < -0.3 is 9.64 Å². The minimum atomic E-state index is -3.75. The molecule has 11 nitrogen and oxygen atoms in total. The summed E-state index contributed by atoms with van der Waals surface area (Å²) in [4.78, 5) is 35.9. The zero-order chi connectivity index (χ0) is 29.8. The molecule has 216 valence electrons. The van der Waals surface area contributed by atoms with Gasteiger partial charge in [0, 0.05) is 55.1 Å². The maximum atomic E-state index is 13.2. The van der Waals surface area contributed by atoms with E-state index in [1.165, 1.54) is 21.7 Å². The predicted molar refractivity (Wildman–Crippen MR) is 158 cm³/mol. The Labute approximate surface area is 243 Å². The van der Waals surface area contributed by atoms with Crippen LogP contribution in [-0.4, -0.2) is 77.2 Å². The molecule has 41 heavy (non-hydrogen) atoms. The van der Waals surface area contributed by atoms with Crippen molar-refractivity contribution in [3.63, 3.8) is 0 Å². The van der Waals surface area contributed by atoms with Crippen LogP contribution in [0.5, 0.6) is 0 Å². The van der Waals surface area contributed by atoms with Gasteiger partial charge in [-0.3, -0.25) is 20.5 Å². The summed E-state index contributed by atoms with van der Waals surface area (Å²) in [5.74, 6) is -0.325. The second-order valence-electron chi connectivity index (χ2n) is 10.3. The number of sulfonamides is 1. The van der Waals surface area contributed by atoms with Gasteiger partial charge in [0.2, 0.25) is 10.0 Å². The highest BCUT2D eigenvalue weighted by Gasteiger charge is 2.29. The van der Waals surface area contributed by atoms with Gasteiger partial charge >= 0.3 is 6.09 Å². The summed E-state index contributed by atoms with van der Waals surface area (Å²) in [6.45, 7) is 7.82.